The Morgan fingerprint density at radius 2 is 2.25 bits per heavy atom. The Kier molecular flexibility index (Phi) is 4.90. The van der Waals surface area contributed by atoms with Crippen LogP contribution in [0.4, 0.5) is 0 Å². The Hall–Kier alpha value is -1.44. The number of rotatable bonds is 4. The number of carbonyl (C=O) groups is 1. The average Bonchev–Trinajstić information content (AvgIpc) is 2.25. The second kappa shape index (κ2) is 6.21. The van der Waals surface area contributed by atoms with Crippen LogP contribution < -0.4 is 10.1 Å². The normalized spacial score (nSPS) is 9.31. The highest BCUT2D eigenvalue weighted by molar-refractivity contribution is 6.35. The van der Waals surface area contributed by atoms with Gasteiger partial charge >= 0.3 is 0 Å². The quantitative estimate of drug-likeness (QED) is 0.841. The average molecular weight is 259 g/mol. The SMILES string of the molecule is N#CCNC(=O)COc1ccc(Cl)cc1Cl. The first-order valence-electron chi connectivity index (χ1n) is 4.35. The van der Waals surface area contributed by atoms with E-state index in [1.807, 2.05) is 0 Å². The summed E-state index contributed by atoms with van der Waals surface area (Å²) in [5, 5.41) is 11.4. The van der Waals surface area contributed by atoms with Gasteiger partial charge < -0.3 is 10.1 Å². The molecule has 0 spiro atoms. The third-order valence-corrected chi connectivity index (χ3v) is 2.15. The molecule has 0 atom stereocenters. The highest BCUT2D eigenvalue weighted by Crippen LogP contribution is 2.27. The third kappa shape index (κ3) is 3.97. The molecule has 0 bridgehead atoms. The van der Waals surface area contributed by atoms with Gasteiger partial charge in [0.1, 0.15) is 12.3 Å². The van der Waals surface area contributed by atoms with Crippen LogP contribution in [0.3, 0.4) is 0 Å². The summed E-state index contributed by atoms with van der Waals surface area (Å²) in [6.07, 6.45) is 0. The molecular weight excluding hydrogens is 251 g/mol. The second-order valence-corrected chi connectivity index (χ2v) is 3.64. The van der Waals surface area contributed by atoms with Crippen LogP contribution in [0.2, 0.25) is 10.0 Å². The summed E-state index contributed by atoms with van der Waals surface area (Å²) in [5.41, 5.74) is 0. The molecule has 1 N–H and O–H groups in total. The van der Waals surface area contributed by atoms with Crippen molar-refractivity contribution in [3.8, 4) is 11.8 Å². The number of nitriles is 1. The van der Waals surface area contributed by atoms with Crippen LogP contribution in [0.1, 0.15) is 0 Å². The predicted octanol–water partition coefficient (Wildman–Crippen LogP) is 2.01. The summed E-state index contributed by atoms with van der Waals surface area (Å²) in [5.74, 6) is -0.00857. The largest absolute Gasteiger partial charge is 0.482 e. The molecule has 84 valence electrons. The molecule has 1 aromatic carbocycles. The van der Waals surface area contributed by atoms with Crippen LogP contribution in [0.25, 0.3) is 0 Å². The van der Waals surface area contributed by atoms with Crippen LogP contribution in [-0.4, -0.2) is 19.1 Å². The van der Waals surface area contributed by atoms with Crippen LogP contribution in [0.15, 0.2) is 18.2 Å². The van der Waals surface area contributed by atoms with E-state index in [4.69, 9.17) is 33.2 Å². The van der Waals surface area contributed by atoms with Gasteiger partial charge in [0.05, 0.1) is 11.1 Å². The van der Waals surface area contributed by atoms with Gasteiger partial charge in [0.25, 0.3) is 5.91 Å². The lowest BCUT2D eigenvalue weighted by Crippen LogP contribution is -2.29. The maximum atomic E-state index is 11.1. The smallest absolute Gasteiger partial charge is 0.258 e. The molecular formula is C10H8Cl2N2O2. The Morgan fingerprint density at radius 1 is 1.50 bits per heavy atom. The summed E-state index contributed by atoms with van der Waals surface area (Å²) >= 11 is 11.5. The highest BCUT2D eigenvalue weighted by atomic mass is 35.5. The molecule has 0 heterocycles. The van der Waals surface area contributed by atoms with Crippen LogP contribution >= 0.6 is 23.2 Å². The maximum absolute atomic E-state index is 11.1. The lowest BCUT2D eigenvalue weighted by atomic mass is 10.3. The molecule has 6 heteroatoms. The van der Waals surface area contributed by atoms with E-state index in [-0.39, 0.29) is 19.1 Å². The van der Waals surface area contributed by atoms with Crippen molar-refractivity contribution < 1.29 is 9.53 Å². The molecule has 0 aliphatic carbocycles. The van der Waals surface area contributed by atoms with E-state index in [2.05, 4.69) is 5.32 Å². The molecule has 0 saturated heterocycles. The van der Waals surface area contributed by atoms with Crippen molar-refractivity contribution in [2.45, 2.75) is 0 Å². The number of ether oxygens (including phenoxy) is 1. The standard InChI is InChI=1S/C10H8Cl2N2O2/c11-7-1-2-9(8(12)5-7)16-6-10(15)14-4-3-13/h1-2,5H,4,6H2,(H,14,15). The van der Waals surface area contributed by atoms with E-state index >= 15 is 0 Å². The van der Waals surface area contributed by atoms with Crippen molar-refractivity contribution in [3.05, 3.63) is 28.2 Å². The molecule has 4 nitrogen and oxygen atoms in total. The Balaban J connectivity index is 2.49. The minimum atomic E-state index is -0.382. The Morgan fingerprint density at radius 3 is 2.88 bits per heavy atom. The number of benzene rings is 1. The van der Waals surface area contributed by atoms with E-state index in [9.17, 15) is 4.79 Å². The summed E-state index contributed by atoms with van der Waals surface area (Å²) in [6, 6.07) is 6.48. The molecule has 0 aliphatic heterocycles. The van der Waals surface area contributed by atoms with Gasteiger partial charge in [0.15, 0.2) is 6.61 Å². The first-order valence-corrected chi connectivity index (χ1v) is 5.10. The number of hydrogen-bond acceptors (Lipinski definition) is 3. The molecule has 0 aliphatic rings. The predicted molar refractivity (Wildman–Crippen MR) is 60.6 cm³/mol. The van der Waals surface area contributed by atoms with Gasteiger partial charge in [-0.2, -0.15) is 5.26 Å². The topological polar surface area (TPSA) is 62.1 Å². The minimum absolute atomic E-state index is 0.0451. The van der Waals surface area contributed by atoms with Crippen LogP contribution in [0, 0.1) is 11.3 Å². The van der Waals surface area contributed by atoms with E-state index in [1.165, 1.54) is 6.07 Å². The fourth-order valence-corrected chi connectivity index (χ4v) is 1.39. The van der Waals surface area contributed by atoms with Crippen molar-refractivity contribution in [2.75, 3.05) is 13.2 Å². The number of carbonyl (C=O) groups excluding carboxylic acids is 1. The molecule has 0 fully saturated rings. The zero-order valence-electron chi connectivity index (χ0n) is 8.17. The van der Waals surface area contributed by atoms with Crippen molar-refractivity contribution in [2.24, 2.45) is 0 Å². The van der Waals surface area contributed by atoms with E-state index < -0.39 is 0 Å². The van der Waals surface area contributed by atoms with Gasteiger partial charge in [0.2, 0.25) is 0 Å². The van der Waals surface area contributed by atoms with Gasteiger partial charge in [-0.3, -0.25) is 4.79 Å². The van der Waals surface area contributed by atoms with Gasteiger partial charge in [-0.25, -0.2) is 0 Å². The van der Waals surface area contributed by atoms with Gasteiger partial charge in [0, 0.05) is 5.02 Å². The van der Waals surface area contributed by atoms with Crippen LogP contribution in [-0.2, 0) is 4.79 Å². The summed E-state index contributed by atoms with van der Waals surface area (Å²) < 4.78 is 5.14. The highest BCUT2D eigenvalue weighted by Gasteiger charge is 2.05. The monoisotopic (exact) mass is 258 g/mol. The molecule has 0 radical (unpaired) electrons. The summed E-state index contributed by atoms with van der Waals surface area (Å²) in [7, 11) is 0. The molecule has 0 unspecified atom stereocenters. The van der Waals surface area contributed by atoms with E-state index in [1.54, 1.807) is 18.2 Å². The minimum Gasteiger partial charge on any atom is -0.482 e. The summed E-state index contributed by atoms with van der Waals surface area (Å²) in [6.45, 7) is -0.237. The van der Waals surface area contributed by atoms with Crippen molar-refractivity contribution in [1.82, 2.24) is 5.32 Å². The lowest BCUT2D eigenvalue weighted by Gasteiger charge is -2.07. The zero-order chi connectivity index (χ0) is 12.0. The summed E-state index contributed by atoms with van der Waals surface area (Å²) in [4.78, 5) is 11.1. The first kappa shape index (κ1) is 12.6. The zero-order valence-corrected chi connectivity index (χ0v) is 9.68. The molecule has 0 aromatic heterocycles. The van der Waals surface area contributed by atoms with Crippen molar-refractivity contribution in [3.63, 3.8) is 0 Å². The van der Waals surface area contributed by atoms with Gasteiger partial charge in [-0.1, -0.05) is 23.2 Å². The first-order chi connectivity index (χ1) is 7.63. The molecule has 16 heavy (non-hydrogen) atoms. The second-order valence-electron chi connectivity index (χ2n) is 2.80. The number of nitrogens with zero attached hydrogens (tertiary/aromatic N) is 1. The number of amides is 1. The fourth-order valence-electron chi connectivity index (χ4n) is 0.925. The van der Waals surface area contributed by atoms with E-state index in [0.29, 0.717) is 15.8 Å². The number of halogens is 2. The van der Waals surface area contributed by atoms with Gasteiger partial charge in [-0.05, 0) is 18.2 Å². The molecule has 1 amide bonds. The Labute approximate surface area is 103 Å². The maximum Gasteiger partial charge on any atom is 0.258 e. The van der Waals surface area contributed by atoms with Crippen LogP contribution in [0.5, 0.6) is 5.75 Å². The van der Waals surface area contributed by atoms with E-state index in [0.717, 1.165) is 0 Å². The lowest BCUT2D eigenvalue weighted by molar-refractivity contribution is -0.122. The Bertz CT molecular complexity index is 429. The number of hydrogen-bond donors (Lipinski definition) is 1. The number of nitrogens with one attached hydrogen (secondary N) is 1. The molecule has 1 aromatic rings. The molecule has 0 saturated carbocycles. The third-order valence-electron chi connectivity index (χ3n) is 1.62. The van der Waals surface area contributed by atoms with Crippen molar-refractivity contribution >= 4 is 29.1 Å². The fraction of sp³-hybridized carbons (Fsp3) is 0.200. The van der Waals surface area contributed by atoms with Gasteiger partial charge in [-0.15, -0.1) is 0 Å². The van der Waals surface area contributed by atoms with Crippen molar-refractivity contribution in [1.29, 1.82) is 5.26 Å². The molecule has 1 rings (SSSR count).